The van der Waals surface area contributed by atoms with Crippen molar-refractivity contribution in [2.75, 3.05) is 0 Å². The van der Waals surface area contributed by atoms with Crippen LogP contribution in [0.4, 0.5) is 0 Å². The molecule has 2 aromatic rings. The number of aromatic nitrogens is 4. The van der Waals surface area contributed by atoms with Crippen LogP contribution in [0.1, 0.15) is 5.56 Å². The molecule has 8 heteroatoms. The lowest BCUT2D eigenvalue weighted by Gasteiger charge is -2.08. The predicted octanol–water partition coefficient (Wildman–Crippen LogP) is 0.764. The van der Waals surface area contributed by atoms with Crippen molar-refractivity contribution in [3.63, 3.8) is 0 Å². The van der Waals surface area contributed by atoms with Crippen LogP contribution in [0, 0.1) is 6.92 Å². The van der Waals surface area contributed by atoms with Crippen molar-refractivity contribution < 1.29 is 8.76 Å². The van der Waals surface area contributed by atoms with Crippen molar-refractivity contribution in [1.82, 2.24) is 20.2 Å². The molecule has 90 valence electrons. The van der Waals surface area contributed by atoms with Gasteiger partial charge in [0.15, 0.2) is 14.6 Å². The van der Waals surface area contributed by atoms with Crippen LogP contribution in [-0.2, 0) is 27.0 Å². The van der Waals surface area contributed by atoms with E-state index in [0.29, 0.717) is 11.4 Å². The van der Waals surface area contributed by atoms with Gasteiger partial charge in [0.1, 0.15) is 0 Å². The van der Waals surface area contributed by atoms with Gasteiger partial charge in [-0.2, -0.15) is 0 Å². The number of benzene rings is 1. The van der Waals surface area contributed by atoms with Crippen LogP contribution >= 0.6 is 0 Å². The molecule has 1 aromatic carbocycles. The maximum absolute atomic E-state index is 11.6. The Balaban J connectivity index is 2.77. The molecule has 1 atom stereocenters. The van der Waals surface area contributed by atoms with Gasteiger partial charge >= 0.3 is 0 Å². The standard InChI is InChI=1S/C9H10N4O2S2/c1-6-3-4-8(17(14,15)16)7(5-6)9-10-11-12-13(9)2/h3-5H,1-2H3,(H,14,15,16). The van der Waals surface area contributed by atoms with Crippen molar-refractivity contribution in [2.24, 2.45) is 7.05 Å². The van der Waals surface area contributed by atoms with Crippen molar-refractivity contribution in [3.05, 3.63) is 23.8 Å². The second kappa shape index (κ2) is 4.13. The van der Waals surface area contributed by atoms with E-state index in [0.717, 1.165) is 5.56 Å². The van der Waals surface area contributed by atoms with E-state index in [1.165, 1.54) is 10.7 Å². The summed E-state index contributed by atoms with van der Waals surface area (Å²) >= 11 is 4.60. The molecule has 17 heavy (non-hydrogen) atoms. The first-order valence-electron chi connectivity index (χ1n) is 4.70. The Kier molecular flexibility index (Phi) is 2.94. The summed E-state index contributed by atoms with van der Waals surface area (Å²) in [6.07, 6.45) is 0. The Labute approximate surface area is 103 Å². The average molecular weight is 270 g/mol. The molecule has 0 radical (unpaired) electrons. The Morgan fingerprint density at radius 3 is 2.71 bits per heavy atom. The van der Waals surface area contributed by atoms with E-state index < -0.39 is 8.77 Å². The first-order chi connectivity index (χ1) is 7.89. The fourth-order valence-electron chi connectivity index (χ4n) is 1.50. The van der Waals surface area contributed by atoms with Crippen LogP contribution in [0.2, 0.25) is 0 Å². The fourth-order valence-corrected chi connectivity index (χ4v) is 2.61. The van der Waals surface area contributed by atoms with Crippen molar-refractivity contribution in [1.29, 1.82) is 0 Å². The molecule has 0 bridgehead atoms. The number of tetrazole rings is 1. The van der Waals surface area contributed by atoms with Crippen LogP contribution in [0.5, 0.6) is 0 Å². The Bertz CT molecular complexity index is 663. The number of hydrogen-bond acceptors (Lipinski definition) is 5. The van der Waals surface area contributed by atoms with Gasteiger partial charge in [-0.3, -0.25) is 0 Å². The minimum absolute atomic E-state index is 0.163. The van der Waals surface area contributed by atoms with E-state index in [2.05, 4.69) is 26.7 Å². The Morgan fingerprint density at radius 1 is 1.47 bits per heavy atom. The molecule has 0 aliphatic carbocycles. The molecule has 0 amide bonds. The van der Waals surface area contributed by atoms with Crippen LogP contribution in [0.3, 0.4) is 0 Å². The van der Waals surface area contributed by atoms with Gasteiger partial charge in [-0.25, -0.2) is 8.89 Å². The monoisotopic (exact) mass is 270 g/mol. The number of rotatable bonds is 2. The first-order valence-corrected chi connectivity index (χ1v) is 7.14. The quantitative estimate of drug-likeness (QED) is 0.868. The molecule has 0 aliphatic heterocycles. The highest BCUT2D eigenvalue weighted by Crippen LogP contribution is 2.26. The first kappa shape index (κ1) is 12.1. The molecule has 1 heterocycles. The molecule has 0 saturated carbocycles. The molecule has 2 rings (SSSR count). The van der Waals surface area contributed by atoms with Crippen molar-refractivity contribution in [3.8, 4) is 11.4 Å². The third kappa shape index (κ3) is 2.33. The lowest BCUT2D eigenvalue weighted by Crippen LogP contribution is -2.03. The Hall–Kier alpha value is -1.38. The molecule has 6 nitrogen and oxygen atoms in total. The van der Waals surface area contributed by atoms with Gasteiger partial charge in [0.25, 0.3) is 0 Å². The topological polar surface area (TPSA) is 80.9 Å². The second-order valence-corrected chi connectivity index (χ2v) is 6.35. The van der Waals surface area contributed by atoms with Gasteiger partial charge in [0.2, 0.25) is 0 Å². The zero-order chi connectivity index (χ0) is 12.6. The summed E-state index contributed by atoms with van der Waals surface area (Å²) in [5.74, 6) is 0.412. The average Bonchev–Trinajstić information content (AvgIpc) is 2.62. The van der Waals surface area contributed by atoms with E-state index in [1.54, 1.807) is 19.2 Å². The molecule has 0 fully saturated rings. The van der Waals surface area contributed by atoms with Crippen LogP contribution in [0.15, 0.2) is 23.1 Å². The zero-order valence-corrected chi connectivity index (χ0v) is 10.8. The van der Waals surface area contributed by atoms with Gasteiger partial charge in [0.05, 0.1) is 4.90 Å². The van der Waals surface area contributed by atoms with Crippen LogP contribution in [-0.4, -0.2) is 29.0 Å². The summed E-state index contributed by atoms with van der Waals surface area (Å²) in [5, 5.41) is 11.0. The highest BCUT2D eigenvalue weighted by molar-refractivity contribution is 8.29. The maximum atomic E-state index is 11.6. The van der Waals surface area contributed by atoms with Crippen LogP contribution in [0.25, 0.3) is 11.4 Å². The van der Waals surface area contributed by atoms with Crippen molar-refractivity contribution in [2.45, 2.75) is 11.8 Å². The van der Waals surface area contributed by atoms with Gasteiger partial charge in [-0.1, -0.05) is 11.6 Å². The number of nitrogens with zero attached hydrogens (tertiary/aromatic N) is 4. The molecule has 1 N–H and O–H groups in total. The van der Waals surface area contributed by atoms with Crippen molar-refractivity contribution >= 4 is 20.0 Å². The molecular weight excluding hydrogens is 260 g/mol. The largest absolute Gasteiger partial charge is 0.302 e. The minimum atomic E-state index is -3.47. The SMILES string of the molecule is Cc1ccc(S(=O)(O)=S)c(-c2nnnn2C)c1. The lowest BCUT2D eigenvalue weighted by molar-refractivity contribution is 0.562. The highest BCUT2D eigenvalue weighted by atomic mass is 32.8. The van der Waals surface area contributed by atoms with E-state index in [1.807, 2.05) is 6.92 Å². The molecule has 1 aromatic heterocycles. The summed E-state index contributed by atoms with van der Waals surface area (Å²) in [5.41, 5.74) is 1.42. The Morgan fingerprint density at radius 2 is 2.18 bits per heavy atom. The zero-order valence-electron chi connectivity index (χ0n) is 9.19. The lowest BCUT2D eigenvalue weighted by atomic mass is 10.1. The second-order valence-electron chi connectivity index (χ2n) is 3.60. The summed E-state index contributed by atoms with van der Waals surface area (Å²) in [7, 11) is -1.81. The summed E-state index contributed by atoms with van der Waals surface area (Å²) < 4.78 is 22.6. The minimum Gasteiger partial charge on any atom is -0.302 e. The van der Waals surface area contributed by atoms with Gasteiger partial charge < -0.3 is 4.55 Å². The van der Waals surface area contributed by atoms with E-state index in [9.17, 15) is 8.76 Å². The summed E-state index contributed by atoms with van der Waals surface area (Å²) in [6.45, 7) is 1.87. The summed E-state index contributed by atoms with van der Waals surface area (Å²) in [6, 6.07) is 5.00. The normalized spacial score (nSPS) is 14.5. The third-order valence-corrected chi connectivity index (χ3v) is 3.72. The predicted molar refractivity (Wildman–Crippen MR) is 65.4 cm³/mol. The van der Waals surface area contributed by atoms with Gasteiger partial charge in [-0.05, 0) is 29.5 Å². The smallest absolute Gasteiger partial charge is 0.183 e. The maximum Gasteiger partial charge on any atom is 0.183 e. The van der Waals surface area contributed by atoms with Crippen LogP contribution < -0.4 is 0 Å². The van der Waals surface area contributed by atoms with E-state index in [-0.39, 0.29) is 4.90 Å². The summed E-state index contributed by atoms with van der Waals surface area (Å²) in [4.78, 5) is 0.163. The number of aryl methyl sites for hydroxylation is 2. The highest BCUT2D eigenvalue weighted by Gasteiger charge is 2.17. The van der Waals surface area contributed by atoms with E-state index >= 15 is 0 Å². The fraction of sp³-hybridized carbons (Fsp3) is 0.222. The van der Waals surface area contributed by atoms with Gasteiger partial charge in [0, 0.05) is 23.8 Å². The molecule has 0 spiro atoms. The molecule has 0 aliphatic rings. The van der Waals surface area contributed by atoms with Gasteiger partial charge in [-0.15, -0.1) is 5.10 Å². The molecule has 0 saturated heterocycles. The third-order valence-electron chi connectivity index (χ3n) is 2.27. The number of hydrogen-bond donors (Lipinski definition) is 1. The molecule has 1 unspecified atom stereocenters. The van der Waals surface area contributed by atoms with E-state index in [4.69, 9.17) is 0 Å². The molecular formula is C9H10N4O2S2.